The molecule has 25 heavy (non-hydrogen) atoms. The molecular weight excluding hydrogens is 390 g/mol. The van der Waals surface area contributed by atoms with Gasteiger partial charge in [0.1, 0.15) is 5.75 Å². The zero-order chi connectivity index (χ0) is 17.3. The van der Waals surface area contributed by atoms with Gasteiger partial charge in [-0.3, -0.25) is 4.79 Å². The highest BCUT2D eigenvalue weighted by Gasteiger charge is 2.17. The molecule has 1 aromatic heterocycles. The van der Waals surface area contributed by atoms with Crippen LogP contribution in [-0.2, 0) is 10.5 Å². The maximum atomic E-state index is 11.8. The lowest BCUT2D eigenvalue weighted by molar-refractivity contribution is -0.122. The van der Waals surface area contributed by atoms with Gasteiger partial charge in [-0.2, -0.15) is 11.8 Å². The molecule has 2 heterocycles. The van der Waals surface area contributed by atoms with Gasteiger partial charge in [0.15, 0.2) is 6.61 Å². The number of amides is 1. The molecule has 1 aliphatic rings. The van der Waals surface area contributed by atoms with Crippen molar-refractivity contribution in [2.75, 3.05) is 30.4 Å². The van der Waals surface area contributed by atoms with Crippen LogP contribution < -0.4 is 10.1 Å². The Morgan fingerprint density at radius 1 is 1.20 bits per heavy atom. The van der Waals surface area contributed by atoms with Gasteiger partial charge in [0.05, 0.1) is 4.58 Å². The molecule has 1 saturated heterocycles. The van der Waals surface area contributed by atoms with Crippen molar-refractivity contribution in [3.8, 4) is 5.75 Å². The van der Waals surface area contributed by atoms with Crippen molar-refractivity contribution in [2.45, 2.75) is 10.3 Å². The van der Waals surface area contributed by atoms with Gasteiger partial charge < -0.3 is 10.1 Å². The van der Waals surface area contributed by atoms with Gasteiger partial charge in [0, 0.05) is 34.4 Å². The smallest absolute Gasteiger partial charge is 0.257 e. The summed E-state index contributed by atoms with van der Waals surface area (Å²) in [6, 6.07) is 12.3. The molecule has 3 rings (SSSR count). The number of ether oxygens (including phenoxy) is 1. The molecule has 0 saturated carbocycles. The van der Waals surface area contributed by atoms with Gasteiger partial charge >= 0.3 is 0 Å². The van der Waals surface area contributed by atoms with Gasteiger partial charge in [-0.25, -0.2) is 0 Å². The molecule has 1 aromatic carbocycles. The molecule has 1 N–H and O–H groups in total. The summed E-state index contributed by atoms with van der Waals surface area (Å²) in [6.07, 6.45) is 0. The Labute approximate surface area is 165 Å². The molecule has 0 spiro atoms. The lowest BCUT2D eigenvalue weighted by Crippen LogP contribution is -2.30. The first-order valence-electron chi connectivity index (χ1n) is 8.14. The normalized spacial score (nSPS) is 14.6. The van der Waals surface area contributed by atoms with Crippen molar-refractivity contribution in [1.82, 2.24) is 5.32 Å². The summed E-state index contributed by atoms with van der Waals surface area (Å²) in [7, 11) is 0. The molecule has 1 amide bonds. The van der Waals surface area contributed by atoms with E-state index in [1.807, 2.05) is 47.4 Å². The Morgan fingerprint density at radius 3 is 2.72 bits per heavy atom. The second-order valence-electron chi connectivity index (χ2n) is 5.41. The number of thiophene rings is 1. The maximum absolute atomic E-state index is 11.8. The first-order valence-corrected chi connectivity index (χ1v) is 12.3. The third kappa shape index (κ3) is 6.47. The Hall–Kier alpha value is -0.760. The maximum Gasteiger partial charge on any atom is 0.257 e. The summed E-state index contributed by atoms with van der Waals surface area (Å²) < 4.78 is 6.12. The van der Waals surface area contributed by atoms with E-state index >= 15 is 0 Å². The third-order valence-corrected chi connectivity index (χ3v) is 8.71. The van der Waals surface area contributed by atoms with E-state index in [0.717, 1.165) is 17.3 Å². The molecule has 7 heteroatoms. The Kier molecular flexibility index (Phi) is 7.91. The lowest BCUT2D eigenvalue weighted by atomic mass is 10.2. The summed E-state index contributed by atoms with van der Waals surface area (Å²) in [6.45, 7) is 0.745. The van der Waals surface area contributed by atoms with E-state index in [1.165, 1.54) is 21.9 Å². The molecule has 1 fully saturated rings. The van der Waals surface area contributed by atoms with Crippen LogP contribution in [0.25, 0.3) is 0 Å². The molecule has 0 atom stereocenters. The number of nitrogens with one attached hydrogen (secondary N) is 1. The van der Waals surface area contributed by atoms with Crippen LogP contribution in [-0.4, -0.2) is 36.3 Å². The van der Waals surface area contributed by atoms with Crippen molar-refractivity contribution in [3.63, 3.8) is 0 Å². The lowest BCUT2D eigenvalue weighted by Gasteiger charge is -2.10. The highest BCUT2D eigenvalue weighted by molar-refractivity contribution is 8.19. The second-order valence-corrected chi connectivity index (χ2v) is 10.3. The molecule has 0 bridgehead atoms. The highest BCUT2D eigenvalue weighted by atomic mass is 32.2. The minimum atomic E-state index is -0.0669. The number of rotatable bonds is 9. The molecule has 134 valence electrons. The SMILES string of the molecule is O=C(COc1ccc(C2SCCS2)cc1)NCCSCc1cccs1. The van der Waals surface area contributed by atoms with Gasteiger partial charge in [-0.05, 0) is 29.1 Å². The molecule has 3 nitrogen and oxygen atoms in total. The molecule has 0 radical (unpaired) electrons. The monoisotopic (exact) mass is 411 g/mol. The number of carbonyl (C=O) groups excluding carboxylic acids is 1. The van der Waals surface area contributed by atoms with E-state index in [4.69, 9.17) is 4.74 Å². The first-order chi connectivity index (χ1) is 12.3. The van der Waals surface area contributed by atoms with E-state index in [9.17, 15) is 4.79 Å². The number of carbonyl (C=O) groups is 1. The largest absolute Gasteiger partial charge is 0.484 e. The quantitative estimate of drug-likeness (QED) is 0.608. The van der Waals surface area contributed by atoms with Crippen molar-refractivity contribution >= 4 is 52.5 Å². The van der Waals surface area contributed by atoms with Crippen molar-refractivity contribution in [2.24, 2.45) is 0 Å². The summed E-state index contributed by atoms with van der Waals surface area (Å²) in [4.78, 5) is 13.2. The highest BCUT2D eigenvalue weighted by Crippen LogP contribution is 2.45. The summed E-state index contributed by atoms with van der Waals surface area (Å²) >= 11 is 7.58. The van der Waals surface area contributed by atoms with Crippen LogP contribution >= 0.6 is 46.6 Å². The standard InChI is InChI=1S/C18H21NO2S4/c20-17(19-7-9-22-13-16-2-1-8-23-16)12-21-15-5-3-14(4-6-15)18-24-10-11-25-18/h1-6,8,18H,7,9-13H2,(H,19,20). The van der Waals surface area contributed by atoms with Gasteiger partial charge in [0.2, 0.25) is 0 Å². The van der Waals surface area contributed by atoms with E-state index in [2.05, 4.69) is 35.0 Å². The fourth-order valence-corrected chi connectivity index (χ4v) is 6.86. The van der Waals surface area contributed by atoms with Crippen LogP contribution in [0.1, 0.15) is 15.0 Å². The predicted octanol–water partition coefficient (Wildman–Crippen LogP) is 4.66. The van der Waals surface area contributed by atoms with Crippen LogP contribution in [0.15, 0.2) is 41.8 Å². The average Bonchev–Trinajstić information content (AvgIpc) is 3.34. The summed E-state index contributed by atoms with van der Waals surface area (Å²) in [5.74, 6) is 5.04. The van der Waals surface area contributed by atoms with Crippen LogP contribution in [0.5, 0.6) is 5.75 Å². The van der Waals surface area contributed by atoms with Crippen LogP contribution in [0.4, 0.5) is 0 Å². The van der Waals surface area contributed by atoms with Gasteiger partial charge in [0.25, 0.3) is 5.91 Å². The number of hydrogen-bond donors (Lipinski definition) is 1. The number of hydrogen-bond acceptors (Lipinski definition) is 6. The molecular formula is C18H21NO2S4. The van der Waals surface area contributed by atoms with Gasteiger partial charge in [-0.1, -0.05) is 18.2 Å². The van der Waals surface area contributed by atoms with E-state index in [1.54, 1.807) is 11.3 Å². The Balaban J connectivity index is 1.29. The minimum absolute atomic E-state index is 0.0669. The Bertz CT molecular complexity index is 640. The molecule has 1 aliphatic heterocycles. The second kappa shape index (κ2) is 10.4. The fraction of sp³-hybridized carbons (Fsp3) is 0.389. The van der Waals surface area contributed by atoms with Gasteiger partial charge in [-0.15, -0.1) is 34.9 Å². The van der Waals surface area contributed by atoms with E-state index in [-0.39, 0.29) is 12.5 Å². The topological polar surface area (TPSA) is 38.3 Å². The third-order valence-electron chi connectivity index (χ3n) is 3.54. The van der Waals surface area contributed by atoms with Crippen molar-refractivity contribution in [1.29, 1.82) is 0 Å². The van der Waals surface area contributed by atoms with Crippen molar-refractivity contribution < 1.29 is 9.53 Å². The summed E-state index contributed by atoms with van der Waals surface area (Å²) in [5, 5.41) is 4.99. The van der Waals surface area contributed by atoms with E-state index in [0.29, 0.717) is 11.1 Å². The fourth-order valence-electron chi connectivity index (χ4n) is 2.30. The van der Waals surface area contributed by atoms with Crippen LogP contribution in [0, 0.1) is 0 Å². The number of thioether (sulfide) groups is 3. The summed E-state index contributed by atoms with van der Waals surface area (Å²) in [5.41, 5.74) is 1.33. The first kappa shape index (κ1) is 19.0. The average molecular weight is 412 g/mol. The van der Waals surface area contributed by atoms with Crippen LogP contribution in [0.3, 0.4) is 0 Å². The minimum Gasteiger partial charge on any atom is -0.484 e. The number of benzene rings is 1. The molecule has 2 aromatic rings. The zero-order valence-electron chi connectivity index (χ0n) is 13.8. The molecule has 0 aliphatic carbocycles. The van der Waals surface area contributed by atoms with Crippen molar-refractivity contribution in [3.05, 3.63) is 52.2 Å². The zero-order valence-corrected chi connectivity index (χ0v) is 17.1. The Morgan fingerprint density at radius 2 is 2.00 bits per heavy atom. The molecule has 0 unspecified atom stereocenters. The predicted molar refractivity (Wildman–Crippen MR) is 113 cm³/mol. The van der Waals surface area contributed by atoms with Crippen LogP contribution in [0.2, 0.25) is 0 Å². The van der Waals surface area contributed by atoms with E-state index < -0.39 is 0 Å².